The fraction of sp³-hybridized carbons (Fsp3) is 0.524. The molecule has 0 radical (unpaired) electrons. The lowest BCUT2D eigenvalue weighted by atomic mass is 9.98. The molecular formula is C21H27F3N2O4. The van der Waals surface area contributed by atoms with Gasteiger partial charge in [0.25, 0.3) is 0 Å². The van der Waals surface area contributed by atoms with Gasteiger partial charge < -0.3 is 19.7 Å². The maximum absolute atomic E-state index is 12.6. The molecule has 2 heterocycles. The van der Waals surface area contributed by atoms with Crippen LogP contribution in [0.25, 0.3) is 0 Å². The van der Waals surface area contributed by atoms with Gasteiger partial charge in [0.15, 0.2) is 6.61 Å². The molecule has 6 nitrogen and oxygen atoms in total. The van der Waals surface area contributed by atoms with Gasteiger partial charge in [-0.3, -0.25) is 9.97 Å². The largest absolute Gasteiger partial charge is 0.493 e. The van der Waals surface area contributed by atoms with Gasteiger partial charge in [0.2, 0.25) is 0 Å². The second-order valence-corrected chi connectivity index (χ2v) is 8.16. The van der Waals surface area contributed by atoms with Crippen molar-refractivity contribution in [2.24, 2.45) is 5.41 Å². The number of halogens is 3. The smallest absolute Gasteiger partial charge is 0.422 e. The highest BCUT2D eigenvalue weighted by Crippen LogP contribution is 2.29. The van der Waals surface area contributed by atoms with Crippen LogP contribution in [-0.4, -0.2) is 39.6 Å². The van der Waals surface area contributed by atoms with Gasteiger partial charge in [-0.1, -0.05) is 20.8 Å². The Morgan fingerprint density at radius 1 is 0.967 bits per heavy atom. The summed E-state index contributed by atoms with van der Waals surface area (Å²) in [6, 6.07) is 3.00. The summed E-state index contributed by atoms with van der Waals surface area (Å²) >= 11 is 0. The third-order valence-corrected chi connectivity index (χ3v) is 4.19. The molecule has 2 aromatic rings. The molecule has 0 aliphatic heterocycles. The van der Waals surface area contributed by atoms with Gasteiger partial charge in [-0.2, -0.15) is 13.2 Å². The summed E-state index contributed by atoms with van der Waals surface area (Å²) in [5.74, 6) is 0.502. The first-order valence-electron chi connectivity index (χ1n) is 9.43. The van der Waals surface area contributed by atoms with E-state index in [1.807, 2.05) is 20.8 Å². The Hall–Kier alpha value is -2.39. The zero-order chi connectivity index (χ0) is 22.5. The zero-order valence-electron chi connectivity index (χ0n) is 17.5. The van der Waals surface area contributed by atoms with Crippen LogP contribution in [0.2, 0.25) is 0 Å². The van der Waals surface area contributed by atoms with E-state index in [0.717, 1.165) is 0 Å². The molecule has 0 aliphatic carbocycles. The number of pyridine rings is 2. The van der Waals surface area contributed by atoms with Crippen LogP contribution in [0.5, 0.6) is 11.5 Å². The van der Waals surface area contributed by atoms with Crippen molar-refractivity contribution < 1.29 is 32.9 Å². The lowest BCUT2D eigenvalue weighted by molar-refractivity contribution is -0.153. The van der Waals surface area contributed by atoms with E-state index in [1.54, 1.807) is 13.0 Å². The third kappa shape index (κ3) is 6.84. The summed E-state index contributed by atoms with van der Waals surface area (Å²) < 4.78 is 48.7. The second kappa shape index (κ2) is 9.61. The van der Waals surface area contributed by atoms with Gasteiger partial charge >= 0.3 is 6.18 Å². The monoisotopic (exact) mass is 428 g/mol. The van der Waals surface area contributed by atoms with Crippen molar-refractivity contribution in [1.82, 2.24) is 9.97 Å². The SMILES string of the molecule is Cc1c(OCC(C)(C)C)cc(Cc2c(OCC(F)(F)F)ccnc2CO)nc1CO. The van der Waals surface area contributed by atoms with E-state index < -0.39 is 19.4 Å². The Labute approximate surface area is 173 Å². The highest BCUT2D eigenvalue weighted by atomic mass is 19.4. The Bertz CT molecular complexity index is 865. The molecular weight excluding hydrogens is 401 g/mol. The Morgan fingerprint density at radius 3 is 2.17 bits per heavy atom. The quantitative estimate of drug-likeness (QED) is 0.667. The third-order valence-electron chi connectivity index (χ3n) is 4.19. The van der Waals surface area contributed by atoms with Crippen LogP contribution in [-0.2, 0) is 19.6 Å². The predicted octanol–water partition coefficient (Wildman–Crippen LogP) is 3.73. The van der Waals surface area contributed by atoms with E-state index in [1.165, 1.54) is 12.3 Å². The molecule has 0 amide bonds. The van der Waals surface area contributed by atoms with Crippen LogP contribution in [0, 0.1) is 12.3 Å². The molecule has 2 N–H and O–H groups in total. The van der Waals surface area contributed by atoms with Crippen LogP contribution in [0.1, 0.15) is 49.0 Å². The van der Waals surface area contributed by atoms with Gasteiger partial charge in [-0.25, -0.2) is 0 Å². The number of nitrogens with zero attached hydrogens (tertiary/aromatic N) is 2. The standard InChI is InChI=1S/C21H27F3N2O4/c1-13-16(9-27)26-14(8-19(13)29-11-20(2,3)4)7-15-17(10-28)25-6-5-18(15)30-12-21(22,23)24/h5-6,8,27-28H,7,9-12H2,1-4H3. The molecule has 0 aliphatic rings. The molecule has 2 rings (SSSR count). The van der Waals surface area contributed by atoms with Crippen LogP contribution in [0.3, 0.4) is 0 Å². The van der Waals surface area contributed by atoms with Crippen molar-refractivity contribution in [2.75, 3.05) is 13.2 Å². The van der Waals surface area contributed by atoms with Crippen molar-refractivity contribution in [3.63, 3.8) is 0 Å². The number of aliphatic hydroxyl groups excluding tert-OH is 2. The first-order valence-corrected chi connectivity index (χ1v) is 9.43. The summed E-state index contributed by atoms with van der Waals surface area (Å²) in [5, 5.41) is 19.3. The molecule has 166 valence electrons. The van der Waals surface area contributed by atoms with E-state index in [-0.39, 0.29) is 29.9 Å². The highest BCUT2D eigenvalue weighted by Gasteiger charge is 2.29. The minimum Gasteiger partial charge on any atom is -0.493 e. The van der Waals surface area contributed by atoms with Crippen LogP contribution in [0.4, 0.5) is 13.2 Å². The van der Waals surface area contributed by atoms with Gasteiger partial charge in [0, 0.05) is 35.5 Å². The normalized spacial score (nSPS) is 12.2. The summed E-state index contributed by atoms with van der Waals surface area (Å²) in [6.45, 7) is 6.02. The van der Waals surface area contributed by atoms with Crippen LogP contribution >= 0.6 is 0 Å². The zero-order valence-corrected chi connectivity index (χ0v) is 17.5. The fourth-order valence-electron chi connectivity index (χ4n) is 2.70. The topological polar surface area (TPSA) is 84.7 Å². The molecule has 0 spiro atoms. The van der Waals surface area contributed by atoms with Crippen molar-refractivity contribution in [1.29, 1.82) is 0 Å². The molecule has 2 aromatic heterocycles. The van der Waals surface area contributed by atoms with Crippen molar-refractivity contribution in [2.45, 2.75) is 53.5 Å². The van der Waals surface area contributed by atoms with E-state index in [9.17, 15) is 23.4 Å². The van der Waals surface area contributed by atoms with Gasteiger partial charge in [-0.05, 0) is 18.4 Å². The molecule has 0 unspecified atom stereocenters. The Balaban J connectivity index is 2.41. The minimum atomic E-state index is -4.50. The number of rotatable bonds is 8. The van der Waals surface area contributed by atoms with E-state index in [4.69, 9.17) is 9.47 Å². The number of hydrogen-bond acceptors (Lipinski definition) is 6. The lowest BCUT2D eigenvalue weighted by Crippen LogP contribution is -2.20. The number of aliphatic hydroxyl groups is 2. The molecule has 9 heteroatoms. The number of alkyl halides is 3. The Morgan fingerprint density at radius 2 is 1.60 bits per heavy atom. The molecule has 0 saturated carbocycles. The first kappa shape index (κ1) is 23.9. The summed E-state index contributed by atoms with van der Waals surface area (Å²) in [4.78, 5) is 8.43. The second-order valence-electron chi connectivity index (χ2n) is 8.16. The molecule has 30 heavy (non-hydrogen) atoms. The predicted molar refractivity (Wildman–Crippen MR) is 104 cm³/mol. The molecule has 0 aromatic carbocycles. The lowest BCUT2D eigenvalue weighted by Gasteiger charge is -2.21. The molecule has 0 atom stereocenters. The van der Waals surface area contributed by atoms with E-state index in [2.05, 4.69) is 9.97 Å². The van der Waals surface area contributed by atoms with Crippen molar-refractivity contribution in [3.8, 4) is 11.5 Å². The van der Waals surface area contributed by atoms with Crippen molar-refractivity contribution in [3.05, 3.63) is 46.5 Å². The molecule has 0 fully saturated rings. The van der Waals surface area contributed by atoms with E-state index >= 15 is 0 Å². The van der Waals surface area contributed by atoms with Crippen LogP contribution < -0.4 is 9.47 Å². The summed E-state index contributed by atoms with van der Waals surface area (Å²) in [6.07, 6.45) is -3.17. The average Bonchev–Trinajstić information content (AvgIpc) is 2.65. The molecule has 0 saturated heterocycles. The van der Waals surface area contributed by atoms with Crippen molar-refractivity contribution >= 4 is 0 Å². The van der Waals surface area contributed by atoms with Gasteiger partial charge in [0.05, 0.1) is 31.2 Å². The van der Waals surface area contributed by atoms with E-state index in [0.29, 0.717) is 34.9 Å². The van der Waals surface area contributed by atoms with Crippen LogP contribution in [0.15, 0.2) is 18.3 Å². The number of ether oxygens (including phenoxy) is 2. The van der Waals surface area contributed by atoms with Gasteiger partial charge in [-0.15, -0.1) is 0 Å². The fourth-order valence-corrected chi connectivity index (χ4v) is 2.70. The highest BCUT2D eigenvalue weighted by molar-refractivity contribution is 5.42. The summed E-state index contributed by atoms with van der Waals surface area (Å²) in [7, 11) is 0. The number of aromatic nitrogens is 2. The first-order chi connectivity index (χ1) is 13.9. The number of hydrogen-bond donors (Lipinski definition) is 2. The summed E-state index contributed by atoms with van der Waals surface area (Å²) in [5.41, 5.74) is 1.94. The maximum atomic E-state index is 12.6. The van der Waals surface area contributed by atoms with Gasteiger partial charge in [0.1, 0.15) is 11.5 Å². The average molecular weight is 428 g/mol. The molecule has 0 bridgehead atoms. The minimum absolute atomic E-state index is 0.0311. The Kier molecular flexibility index (Phi) is 7.65. The maximum Gasteiger partial charge on any atom is 0.422 e.